The molecule has 0 N–H and O–H groups in total. The smallest absolute Gasteiger partial charge is 0.267 e. The molecule has 66 valence electrons. The van der Waals surface area contributed by atoms with Gasteiger partial charge in [0, 0.05) is 14.1 Å². The summed E-state index contributed by atoms with van der Waals surface area (Å²) in [6.07, 6.45) is 0. The van der Waals surface area contributed by atoms with Gasteiger partial charge in [0.15, 0.2) is 0 Å². The lowest BCUT2D eigenvalue weighted by atomic mass is 10.3. The van der Waals surface area contributed by atoms with Crippen molar-refractivity contribution < 1.29 is 0 Å². The average Bonchev–Trinajstić information content (AvgIpc) is 2.44. The van der Waals surface area contributed by atoms with Gasteiger partial charge in [0.25, 0.3) is 5.96 Å². The molecular weight excluding hydrogens is 164 g/mol. The van der Waals surface area contributed by atoms with Crippen LogP contribution < -0.4 is 10.7 Å². The van der Waals surface area contributed by atoms with Crippen molar-refractivity contribution in [2.45, 2.75) is 0 Å². The van der Waals surface area contributed by atoms with Gasteiger partial charge in [-0.2, -0.15) is 0 Å². The van der Waals surface area contributed by atoms with Crippen LogP contribution in [0.4, 0.5) is 0 Å². The number of hydrogen-bond acceptors (Lipinski definition) is 2. The minimum Gasteiger partial charge on any atom is -0.300 e. The van der Waals surface area contributed by atoms with E-state index in [2.05, 4.69) is 15.1 Å². The minimum absolute atomic E-state index is 0.520. The van der Waals surface area contributed by atoms with E-state index in [1.165, 1.54) is 0 Å². The summed E-state index contributed by atoms with van der Waals surface area (Å²) < 4.78 is 0. The number of rotatable bonds is 1. The quantitative estimate of drug-likeness (QED) is 0.542. The van der Waals surface area contributed by atoms with Crippen molar-refractivity contribution in [1.82, 2.24) is 5.01 Å². The SMILES string of the molecule is CN(C)N=C1N=c2ccccc2=N1. The van der Waals surface area contributed by atoms with Crippen LogP contribution in [0.3, 0.4) is 0 Å². The normalized spacial score (nSPS) is 12.9. The molecule has 0 unspecified atom stereocenters. The molecular formula is C9H10N4. The fraction of sp³-hybridized carbons (Fsp3) is 0.222. The molecule has 13 heavy (non-hydrogen) atoms. The first-order valence-electron chi connectivity index (χ1n) is 4.04. The fourth-order valence-corrected chi connectivity index (χ4v) is 1.12. The molecule has 0 saturated heterocycles. The molecule has 0 aliphatic carbocycles. The molecule has 0 bridgehead atoms. The van der Waals surface area contributed by atoms with E-state index in [0.29, 0.717) is 5.96 Å². The second-order valence-electron chi connectivity index (χ2n) is 2.96. The average molecular weight is 174 g/mol. The van der Waals surface area contributed by atoms with Gasteiger partial charge in [0.1, 0.15) is 0 Å². The lowest BCUT2D eigenvalue weighted by Gasteiger charge is -2.01. The summed E-state index contributed by atoms with van der Waals surface area (Å²) in [6.45, 7) is 0. The summed E-state index contributed by atoms with van der Waals surface area (Å²) in [7, 11) is 3.70. The lowest BCUT2D eigenvalue weighted by Crippen LogP contribution is -2.19. The zero-order valence-corrected chi connectivity index (χ0v) is 7.60. The molecule has 1 aromatic rings. The van der Waals surface area contributed by atoms with Gasteiger partial charge in [-0.05, 0) is 12.1 Å². The van der Waals surface area contributed by atoms with Crippen molar-refractivity contribution in [3.63, 3.8) is 0 Å². The number of hydrogen-bond donors (Lipinski definition) is 0. The Kier molecular flexibility index (Phi) is 1.81. The first-order chi connectivity index (χ1) is 6.25. The molecule has 1 aliphatic rings. The number of nitrogens with zero attached hydrogens (tertiary/aromatic N) is 4. The molecule has 0 amide bonds. The fourth-order valence-electron chi connectivity index (χ4n) is 1.12. The Morgan fingerprint density at radius 1 is 1.08 bits per heavy atom. The van der Waals surface area contributed by atoms with Gasteiger partial charge in [0.2, 0.25) is 0 Å². The van der Waals surface area contributed by atoms with Crippen LogP contribution in [0, 0.1) is 0 Å². The summed E-state index contributed by atoms with van der Waals surface area (Å²) in [4.78, 5) is 8.47. The van der Waals surface area contributed by atoms with Crippen LogP contribution in [0.2, 0.25) is 0 Å². The van der Waals surface area contributed by atoms with Crippen molar-refractivity contribution in [2.24, 2.45) is 15.1 Å². The van der Waals surface area contributed by atoms with Crippen molar-refractivity contribution in [3.8, 4) is 0 Å². The Morgan fingerprint density at radius 3 is 2.08 bits per heavy atom. The van der Waals surface area contributed by atoms with Crippen molar-refractivity contribution in [3.05, 3.63) is 35.0 Å². The first kappa shape index (κ1) is 7.91. The van der Waals surface area contributed by atoms with Gasteiger partial charge < -0.3 is 0 Å². The van der Waals surface area contributed by atoms with Crippen LogP contribution in [0.1, 0.15) is 0 Å². The number of para-hydroxylation sites is 2. The second kappa shape index (κ2) is 2.97. The van der Waals surface area contributed by atoms with Gasteiger partial charge in [-0.15, -0.1) is 5.10 Å². The highest BCUT2D eigenvalue weighted by atomic mass is 15.5. The van der Waals surface area contributed by atoms with E-state index >= 15 is 0 Å². The van der Waals surface area contributed by atoms with Crippen LogP contribution >= 0.6 is 0 Å². The van der Waals surface area contributed by atoms with Gasteiger partial charge in [-0.3, -0.25) is 5.01 Å². The van der Waals surface area contributed by atoms with Crippen molar-refractivity contribution >= 4 is 5.96 Å². The third-order valence-electron chi connectivity index (χ3n) is 1.61. The van der Waals surface area contributed by atoms with Gasteiger partial charge >= 0.3 is 0 Å². The molecule has 0 atom stereocenters. The summed E-state index contributed by atoms with van der Waals surface area (Å²) in [5.74, 6) is 0.520. The molecule has 4 nitrogen and oxygen atoms in total. The summed E-state index contributed by atoms with van der Waals surface area (Å²) in [5.41, 5.74) is 0. The third kappa shape index (κ3) is 1.56. The number of fused-ring (bicyclic) bond motifs is 1. The highest BCUT2D eigenvalue weighted by Gasteiger charge is 2.01. The Labute approximate surface area is 75.9 Å². The van der Waals surface area contributed by atoms with Crippen LogP contribution in [-0.2, 0) is 0 Å². The maximum Gasteiger partial charge on any atom is 0.267 e. The molecule has 0 fully saturated rings. The van der Waals surface area contributed by atoms with Crippen molar-refractivity contribution in [1.29, 1.82) is 0 Å². The third-order valence-corrected chi connectivity index (χ3v) is 1.61. The highest BCUT2D eigenvalue weighted by molar-refractivity contribution is 5.82. The zero-order chi connectivity index (χ0) is 9.26. The number of hydrazone groups is 1. The standard InChI is InChI=1S/C9H10N4/c1-13(2)12-9-10-7-5-3-4-6-8(7)11-9/h3-6H,1-2H3. The topological polar surface area (TPSA) is 40.3 Å². The monoisotopic (exact) mass is 174 g/mol. The summed E-state index contributed by atoms with van der Waals surface area (Å²) in [6, 6.07) is 7.74. The molecule has 2 rings (SSSR count). The van der Waals surface area contributed by atoms with Gasteiger partial charge in [0.05, 0.1) is 10.7 Å². The Bertz CT molecular complexity index is 422. The van der Waals surface area contributed by atoms with Crippen LogP contribution in [0.25, 0.3) is 0 Å². The molecule has 0 spiro atoms. The Hall–Kier alpha value is -1.71. The molecule has 1 heterocycles. The van der Waals surface area contributed by atoms with Gasteiger partial charge in [-0.1, -0.05) is 12.1 Å². The van der Waals surface area contributed by atoms with Crippen LogP contribution in [-0.4, -0.2) is 25.1 Å². The number of benzene rings is 1. The highest BCUT2D eigenvalue weighted by Crippen LogP contribution is 1.88. The largest absolute Gasteiger partial charge is 0.300 e. The predicted molar refractivity (Wildman–Crippen MR) is 49.9 cm³/mol. The molecule has 0 saturated carbocycles. The number of guanidine groups is 1. The van der Waals surface area contributed by atoms with E-state index in [-0.39, 0.29) is 0 Å². The first-order valence-corrected chi connectivity index (χ1v) is 4.04. The second-order valence-corrected chi connectivity index (χ2v) is 2.96. The summed E-state index contributed by atoms with van der Waals surface area (Å²) >= 11 is 0. The molecule has 4 heteroatoms. The van der Waals surface area contributed by atoms with E-state index in [0.717, 1.165) is 10.7 Å². The van der Waals surface area contributed by atoms with Gasteiger partial charge in [-0.25, -0.2) is 9.98 Å². The van der Waals surface area contributed by atoms with Crippen LogP contribution in [0.15, 0.2) is 39.4 Å². The molecule has 0 radical (unpaired) electrons. The van der Waals surface area contributed by atoms with E-state index in [1.54, 1.807) is 5.01 Å². The predicted octanol–water partition coefficient (Wildman–Crippen LogP) is -0.228. The zero-order valence-electron chi connectivity index (χ0n) is 7.60. The summed E-state index contributed by atoms with van der Waals surface area (Å²) in [5, 5.41) is 7.58. The Morgan fingerprint density at radius 2 is 1.62 bits per heavy atom. The van der Waals surface area contributed by atoms with E-state index in [9.17, 15) is 0 Å². The van der Waals surface area contributed by atoms with Crippen LogP contribution in [0.5, 0.6) is 0 Å². The van der Waals surface area contributed by atoms with E-state index in [4.69, 9.17) is 0 Å². The van der Waals surface area contributed by atoms with E-state index in [1.807, 2.05) is 38.4 Å². The lowest BCUT2D eigenvalue weighted by molar-refractivity contribution is 0.436. The molecule has 0 aromatic heterocycles. The maximum atomic E-state index is 4.23. The minimum atomic E-state index is 0.520. The Balaban J connectivity index is 2.52. The maximum absolute atomic E-state index is 4.23. The van der Waals surface area contributed by atoms with E-state index < -0.39 is 0 Å². The molecule has 1 aliphatic heterocycles. The molecule has 1 aromatic carbocycles. The van der Waals surface area contributed by atoms with Crippen molar-refractivity contribution in [2.75, 3.05) is 14.1 Å².